The molecule has 17 heavy (non-hydrogen) atoms. The van der Waals surface area contributed by atoms with Crippen LogP contribution >= 0.6 is 22.9 Å². The Morgan fingerprint density at radius 2 is 2.29 bits per heavy atom. The van der Waals surface area contributed by atoms with Crippen molar-refractivity contribution in [2.75, 3.05) is 17.6 Å². The van der Waals surface area contributed by atoms with Crippen molar-refractivity contribution < 1.29 is 0 Å². The molecule has 2 heterocycles. The van der Waals surface area contributed by atoms with Crippen molar-refractivity contribution in [2.24, 2.45) is 0 Å². The molecule has 0 radical (unpaired) electrons. The second kappa shape index (κ2) is 5.24. The van der Waals surface area contributed by atoms with Crippen LogP contribution < -0.4 is 11.1 Å². The summed E-state index contributed by atoms with van der Waals surface area (Å²) in [5.41, 5.74) is 5.46. The van der Waals surface area contributed by atoms with E-state index in [4.69, 9.17) is 17.3 Å². The Balaban J connectivity index is 1.98. The Morgan fingerprint density at radius 3 is 2.94 bits per heavy atom. The van der Waals surface area contributed by atoms with E-state index in [1.165, 1.54) is 0 Å². The number of nitrogens with two attached hydrogens (primary N) is 1. The minimum atomic E-state index is 0.0851. The van der Waals surface area contributed by atoms with Gasteiger partial charge in [0.25, 0.3) is 0 Å². The van der Waals surface area contributed by atoms with Gasteiger partial charge in [-0.3, -0.25) is 0 Å². The van der Waals surface area contributed by atoms with Crippen LogP contribution in [0.1, 0.15) is 17.8 Å². The maximum Gasteiger partial charge on any atom is 0.228 e. The van der Waals surface area contributed by atoms with E-state index in [9.17, 15) is 0 Å². The van der Waals surface area contributed by atoms with E-state index in [1.54, 1.807) is 17.5 Å². The lowest BCUT2D eigenvalue weighted by molar-refractivity contribution is 0.786. The zero-order chi connectivity index (χ0) is 12.3. The van der Waals surface area contributed by atoms with E-state index in [0.29, 0.717) is 12.5 Å². The number of hydrogen-bond donors (Lipinski definition) is 2. The number of thiazole rings is 1. The molecule has 0 aliphatic carbocycles. The van der Waals surface area contributed by atoms with Gasteiger partial charge in [-0.25, -0.2) is 4.98 Å². The van der Waals surface area contributed by atoms with Gasteiger partial charge in [0.05, 0.1) is 5.01 Å². The molecular weight excluding hydrogens is 260 g/mol. The largest absolute Gasteiger partial charge is 0.368 e. The van der Waals surface area contributed by atoms with Crippen LogP contribution in [-0.2, 0) is 0 Å². The minimum absolute atomic E-state index is 0.0851. The fourth-order valence-electron chi connectivity index (χ4n) is 1.25. The van der Waals surface area contributed by atoms with E-state index in [-0.39, 0.29) is 17.1 Å². The molecule has 0 aliphatic rings. The summed E-state index contributed by atoms with van der Waals surface area (Å²) in [5.74, 6) is 0.757. The van der Waals surface area contributed by atoms with Crippen LogP contribution in [0, 0.1) is 0 Å². The van der Waals surface area contributed by atoms with Crippen molar-refractivity contribution in [1.29, 1.82) is 0 Å². The molecule has 1 unspecified atom stereocenters. The highest BCUT2D eigenvalue weighted by Gasteiger charge is 2.09. The molecule has 0 fully saturated rings. The van der Waals surface area contributed by atoms with E-state index < -0.39 is 0 Å². The summed E-state index contributed by atoms with van der Waals surface area (Å²) in [7, 11) is 0. The molecule has 2 aromatic heterocycles. The molecule has 2 aromatic rings. The third-order valence-electron chi connectivity index (χ3n) is 2.06. The molecule has 90 valence electrons. The number of nitrogens with zero attached hydrogens (tertiary/aromatic N) is 4. The third kappa shape index (κ3) is 3.24. The van der Waals surface area contributed by atoms with Gasteiger partial charge in [-0.05, 0) is 11.6 Å². The Hall–Kier alpha value is -1.47. The summed E-state index contributed by atoms with van der Waals surface area (Å²) < 4.78 is 0. The van der Waals surface area contributed by atoms with Gasteiger partial charge >= 0.3 is 0 Å². The number of halogens is 1. The van der Waals surface area contributed by atoms with Crippen LogP contribution in [0.25, 0.3) is 0 Å². The average molecular weight is 271 g/mol. The quantitative estimate of drug-likeness (QED) is 0.880. The minimum Gasteiger partial charge on any atom is -0.368 e. The second-order valence-corrected chi connectivity index (χ2v) is 4.70. The standard InChI is InChI=1S/C9H11ClN6S/c1-5(6-12-2-3-17-6)4-13-9-15-7(10)14-8(11)16-9/h2-3,5H,4H2,1H3,(H3,11,13,14,15,16). The highest BCUT2D eigenvalue weighted by atomic mass is 35.5. The summed E-state index contributed by atoms with van der Waals surface area (Å²) in [5, 5.41) is 6.15. The summed E-state index contributed by atoms with van der Waals surface area (Å²) in [6.45, 7) is 2.73. The molecule has 0 saturated carbocycles. The van der Waals surface area contributed by atoms with Crippen molar-refractivity contribution in [1.82, 2.24) is 19.9 Å². The van der Waals surface area contributed by atoms with Crippen molar-refractivity contribution >= 4 is 34.8 Å². The van der Waals surface area contributed by atoms with Gasteiger partial charge < -0.3 is 11.1 Å². The molecule has 2 rings (SSSR count). The molecular formula is C9H11ClN6S. The van der Waals surface area contributed by atoms with Crippen LogP contribution in [0.15, 0.2) is 11.6 Å². The third-order valence-corrected chi connectivity index (χ3v) is 3.24. The lowest BCUT2D eigenvalue weighted by Gasteiger charge is -2.09. The fraction of sp³-hybridized carbons (Fsp3) is 0.333. The molecule has 8 heteroatoms. The first-order chi connectivity index (χ1) is 8.15. The number of aromatic nitrogens is 4. The average Bonchev–Trinajstić information content (AvgIpc) is 2.78. The van der Waals surface area contributed by atoms with Crippen molar-refractivity contribution in [3.63, 3.8) is 0 Å². The Bertz CT molecular complexity index is 468. The highest BCUT2D eigenvalue weighted by Crippen LogP contribution is 2.17. The molecule has 0 spiro atoms. The van der Waals surface area contributed by atoms with E-state index in [1.807, 2.05) is 5.38 Å². The first kappa shape index (κ1) is 12.0. The number of nitrogen functional groups attached to an aromatic ring is 1. The predicted octanol–water partition coefficient (Wildman–Crippen LogP) is 1.78. The molecule has 3 N–H and O–H groups in total. The summed E-state index contributed by atoms with van der Waals surface area (Å²) in [4.78, 5) is 15.8. The predicted molar refractivity (Wildman–Crippen MR) is 68.3 cm³/mol. The van der Waals surface area contributed by atoms with Gasteiger partial charge in [-0.15, -0.1) is 11.3 Å². The zero-order valence-corrected chi connectivity index (χ0v) is 10.7. The van der Waals surface area contributed by atoms with Gasteiger partial charge in [0.1, 0.15) is 0 Å². The van der Waals surface area contributed by atoms with Crippen LogP contribution in [0.5, 0.6) is 0 Å². The van der Waals surface area contributed by atoms with Gasteiger partial charge in [0.2, 0.25) is 17.2 Å². The second-order valence-electron chi connectivity index (χ2n) is 3.44. The maximum atomic E-state index is 5.67. The van der Waals surface area contributed by atoms with Crippen molar-refractivity contribution in [2.45, 2.75) is 12.8 Å². The van der Waals surface area contributed by atoms with Crippen LogP contribution in [0.3, 0.4) is 0 Å². The van der Waals surface area contributed by atoms with Crippen LogP contribution in [0.2, 0.25) is 5.28 Å². The lowest BCUT2D eigenvalue weighted by atomic mass is 10.2. The first-order valence-electron chi connectivity index (χ1n) is 4.95. The Kier molecular flexibility index (Phi) is 3.70. The Labute approximate surface area is 107 Å². The van der Waals surface area contributed by atoms with Crippen LogP contribution in [0.4, 0.5) is 11.9 Å². The molecule has 0 amide bonds. The van der Waals surface area contributed by atoms with Crippen molar-refractivity contribution in [3.8, 4) is 0 Å². The fourth-order valence-corrected chi connectivity index (χ4v) is 2.12. The van der Waals surface area contributed by atoms with Crippen molar-refractivity contribution in [3.05, 3.63) is 21.9 Å². The molecule has 0 bridgehead atoms. The molecule has 0 saturated heterocycles. The highest BCUT2D eigenvalue weighted by molar-refractivity contribution is 7.09. The maximum absolute atomic E-state index is 5.67. The summed E-state index contributed by atoms with van der Waals surface area (Å²) in [6, 6.07) is 0. The van der Waals surface area contributed by atoms with Gasteiger partial charge in [-0.2, -0.15) is 15.0 Å². The summed E-state index contributed by atoms with van der Waals surface area (Å²) >= 11 is 7.29. The van der Waals surface area contributed by atoms with Gasteiger partial charge in [0, 0.05) is 24.0 Å². The number of nitrogens with one attached hydrogen (secondary N) is 1. The van der Waals surface area contributed by atoms with E-state index in [0.717, 1.165) is 5.01 Å². The summed E-state index contributed by atoms with van der Waals surface area (Å²) in [6.07, 6.45) is 1.79. The topological polar surface area (TPSA) is 89.6 Å². The molecule has 1 atom stereocenters. The van der Waals surface area contributed by atoms with Gasteiger partial charge in [0.15, 0.2) is 0 Å². The Morgan fingerprint density at radius 1 is 1.47 bits per heavy atom. The number of anilines is 2. The molecule has 0 aromatic carbocycles. The monoisotopic (exact) mass is 270 g/mol. The lowest BCUT2D eigenvalue weighted by Crippen LogP contribution is -2.13. The zero-order valence-electron chi connectivity index (χ0n) is 9.09. The molecule has 6 nitrogen and oxygen atoms in total. The normalized spacial score (nSPS) is 12.4. The number of rotatable bonds is 4. The number of hydrogen-bond acceptors (Lipinski definition) is 7. The smallest absolute Gasteiger partial charge is 0.228 e. The SMILES string of the molecule is CC(CNc1nc(N)nc(Cl)n1)c1nccs1. The first-order valence-corrected chi connectivity index (χ1v) is 6.21. The van der Waals surface area contributed by atoms with Crippen LogP contribution in [-0.4, -0.2) is 26.5 Å². The van der Waals surface area contributed by atoms with E-state index >= 15 is 0 Å². The van der Waals surface area contributed by atoms with E-state index in [2.05, 4.69) is 32.2 Å². The molecule has 0 aliphatic heterocycles. The van der Waals surface area contributed by atoms with Gasteiger partial charge in [-0.1, -0.05) is 6.92 Å².